The third kappa shape index (κ3) is 1.69. The van der Waals surface area contributed by atoms with Gasteiger partial charge in [-0.25, -0.2) is 0 Å². The van der Waals surface area contributed by atoms with Gasteiger partial charge in [0.2, 0.25) is 0 Å². The Morgan fingerprint density at radius 1 is 1.64 bits per heavy atom. The first kappa shape index (κ1) is 8.02. The van der Waals surface area contributed by atoms with Crippen molar-refractivity contribution < 1.29 is 0 Å². The average Bonchev–Trinajstić information content (AvgIpc) is 1.99. The van der Waals surface area contributed by atoms with Crippen LogP contribution in [-0.2, 0) is 0 Å². The number of hydrogen-bond donors (Lipinski definition) is 1. The quantitative estimate of drug-likeness (QED) is 0.593. The fraction of sp³-hybridized carbons (Fsp3) is 0.200. The van der Waals surface area contributed by atoms with Gasteiger partial charge in [-0.3, -0.25) is 0 Å². The second-order valence-electron chi connectivity index (χ2n) is 2.65. The monoisotopic (exact) mass is 147 g/mol. The van der Waals surface area contributed by atoms with Gasteiger partial charge in [0.1, 0.15) is 0 Å². The molecular formula is C10H13N. The zero-order valence-corrected chi connectivity index (χ0v) is 6.59. The Bertz CT molecular complexity index is 233. The third-order valence-corrected chi connectivity index (χ3v) is 1.80. The first-order chi connectivity index (χ1) is 5.25. The van der Waals surface area contributed by atoms with Crippen molar-refractivity contribution in [1.82, 2.24) is 0 Å². The van der Waals surface area contributed by atoms with E-state index in [0.29, 0.717) is 0 Å². The Balaban J connectivity index is 2.77. The van der Waals surface area contributed by atoms with Gasteiger partial charge in [0, 0.05) is 0 Å². The van der Waals surface area contributed by atoms with Crippen molar-refractivity contribution in [3.63, 3.8) is 0 Å². The summed E-state index contributed by atoms with van der Waals surface area (Å²) in [7, 11) is 0. The fourth-order valence-electron chi connectivity index (χ4n) is 1.10. The van der Waals surface area contributed by atoms with Crippen LogP contribution >= 0.6 is 0 Å². The highest BCUT2D eigenvalue weighted by Crippen LogP contribution is 2.17. The second-order valence-corrected chi connectivity index (χ2v) is 2.65. The molecule has 1 atom stereocenters. The predicted octanol–water partition coefficient (Wildman–Crippen LogP) is 1.94. The molecule has 58 valence electrons. The molecule has 0 aromatic rings. The normalized spacial score (nSPS) is 23.2. The zero-order chi connectivity index (χ0) is 8.27. The van der Waals surface area contributed by atoms with Gasteiger partial charge in [0.05, 0.1) is 6.04 Å². The minimum absolute atomic E-state index is 0.00185. The van der Waals surface area contributed by atoms with Crippen LogP contribution < -0.4 is 5.73 Å². The van der Waals surface area contributed by atoms with Gasteiger partial charge in [0.15, 0.2) is 0 Å². The van der Waals surface area contributed by atoms with Crippen molar-refractivity contribution in [2.45, 2.75) is 12.5 Å². The summed E-state index contributed by atoms with van der Waals surface area (Å²) in [4.78, 5) is 0. The summed E-state index contributed by atoms with van der Waals surface area (Å²) in [6.07, 6.45) is 8.66. The Morgan fingerprint density at radius 3 is 3.00 bits per heavy atom. The third-order valence-electron chi connectivity index (χ3n) is 1.80. The summed E-state index contributed by atoms with van der Waals surface area (Å²) < 4.78 is 0. The topological polar surface area (TPSA) is 26.0 Å². The maximum Gasteiger partial charge on any atom is 0.0511 e. The van der Waals surface area contributed by atoms with Crippen LogP contribution in [0.2, 0.25) is 0 Å². The molecule has 0 saturated carbocycles. The van der Waals surface area contributed by atoms with E-state index in [4.69, 9.17) is 5.73 Å². The lowest BCUT2D eigenvalue weighted by Gasteiger charge is -2.17. The molecule has 1 unspecified atom stereocenters. The molecular weight excluding hydrogens is 134 g/mol. The summed E-state index contributed by atoms with van der Waals surface area (Å²) >= 11 is 0. The van der Waals surface area contributed by atoms with Crippen LogP contribution in [0, 0.1) is 0 Å². The molecule has 1 rings (SSSR count). The van der Waals surface area contributed by atoms with E-state index in [1.165, 1.54) is 5.57 Å². The van der Waals surface area contributed by atoms with E-state index >= 15 is 0 Å². The maximum absolute atomic E-state index is 5.84. The molecule has 1 nitrogen and oxygen atoms in total. The lowest BCUT2D eigenvalue weighted by molar-refractivity contribution is 0.874. The van der Waals surface area contributed by atoms with Gasteiger partial charge in [0.25, 0.3) is 0 Å². The number of allylic oxidation sites excluding steroid dienone is 3. The molecule has 0 spiro atoms. The van der Waals surface area contributed by atoms with Gasteiger partial charge in [-0.05, 0) is 17.6 Å². The highest BCUT2D eigenvalue weighted by Gasteiger charge is 2.11. The van der Waals surface area contributed by atoms with Gasteiger partial charge >= 0.3 is 0 Å². The molecule has 1 aliphatic rings. The molecule has 0 aromatic carbocycles. The summed E-state index contributed by atoms with van der Waals surface area (Å²) in [6, 6.07) is -0.00185. The molecule has 1 heteroatoms. The van der Waals surface area contributed by atoms with Gasteiger partial charge in [-0.1, -0.05) is 30.9 Å². The maximum atomic E-state index is 5.84. The minimum atomic E-state index is -0.00185. The Morgan fingerprint density at radius 2 is 2.36 bits per heavy atom. The Labute approximate surface area is 67.6 Å². The largest absolute Gasteiger partial charge is 0.321 e. The van der Waals surface area contributed by atoms with E-state index in [2.05, 4.69) is 13.2 Å². The SMILES string of the molecule is C=CCC1=CC=CC(=C)C1N. The molecule has 0 fully saturated rings. The van der Waals surface area contributed by atoms with Crippen molar-refractivity contribution in [3.8, 4) is 0 Å². The van der Waals surface area contributed by atoms with Crippen LogP contribution in [0.3, 0.4) is 0 Å². The molecule has 0 saturated heterocycles. The van der Waals surface area contributed by atoms with Crippen LogP contribution in [0.15, 0.2) is 48.6 Å². The van der Waals surface area contributed by atoms with E-state index in [1.54, 1.807) is 0 Å². The summed E-state index contributed by atoms with van der Waals surface area (Å²) in [5.41, 5.74) is 8.01. The molecule has 2 N–H and O–H groups in total. The first-order valence-electron chi connectivity index (χ1n) is 3.68. The zero-order valence-electron chi connectivity index (χ0n) is 6.59. The lowest BCUT2D eigenvalue weighted by Crippen LogP contribution is -2.25. The van der Waals surface area contributed by atoms with E-state index in [9.17, 15) is 0 Å². The van der Waals surface area contributed by atoms with E-state index in [1.807, 2.05) is 24.3 Å². The molecule has 11 heavy (non-hydrogen) atoms. The summed E-state index contributed by atoms with van der Waals surface area (Å²) in [6.45, 7) is 7.50. The van der Waals surface area contributed by atoms with E-state index in [-0.39, 0.29) is 6.04 Å². The Kier molecular flexibility index (Phi) is 2.44. The molecule has 0 aliphatic heterocycles. The van der Waals surface area contributed by atoms with Crippen LogP contribution in [0.4, 0.5) is 0 Å². The van der Waals surface area contributed by atoms with E-state index in [0.717, 1.165) is 12.0 Å². The minimum Gasteiger partial charge on any atom is -0.321 e. The van der Waals surface area contributed by atoms with Crippen molar-refractivity contribution in [2.24, 2.45) is 5.73 Å². The van der Waals surface area contributed by atoms with Gasteiger partial charge < -0.3 is 5.73 Å². The summed E-state index contributed by atoms with van der Waals surface area (Å²) in [5, 5.41) is 0. The standard InChI is InChI=1S/C10H13N/c1-3-5-9-7-4-6-8(2)10(9)11/h3-4,6-7,10H,1-2,5,11H2. The van der Waals surface area contributed by atoms with Crippen molar-refractivity contribution in [1.29, 1.82) is 0 Å². The number of hydrogen-bond acceptors (Lipinski definition) is 1. The number of rotatable bonds is 2. The van der Waals surface area contributed by atoms with Crippen LogP contribution in [0.1, 0.15) is 6.42 Å². The Hall–Kier alpha value is -1.08. The average molecular weight is 147 g/mol. The molecule has 0 amide bonds. The molecule has 0 radical (unpaired) electrons. The molecule has 0 aromatic heterocycles. The highest BCUT2D eigenvalue weighted by atomic mass is 14.6. The molecule has 0 bridgehead atoms. The second kappa shape index (κ2) is 3.35. The molecule has 1 aliphatic carbocycles. The van der Waals surface area contributed by atoms with Crippen molar-refractivity contribution >= 4 is 0 Å². The van der Waals surface area contributed by atoms with Crippen LogP contribution in [-0.4, -0.2) is 6.04 Å². The van der Waals surface area contributed by atoms with Crippen LogP contribution in [0.5, 0.6) is 0 Å². The lowest BCUT2D eigenvalue weighted by atomic mass is 9.94. The van der Waals surface area contributed by atoms with E-state index < -0.39 is 0 Å². The van der Waals surface area contributed by atoms with Crippen LogP contribution in [0.25, 0.3) is 0 Å². The van der Waals surface area contributed by atoms with Gasteiger partial charge in [-0.15, -0.1) is 6.58 Å². The van der Waals surface area contributed by atoms with Gasteiger partial charge in [-0.2, -0.15) is 0 Å². The molecule has 0 heterocycles. The highest BCUT2D eigenvalue weighted by molar-refractivity contribution is 5.39. The smallest absolute Gasteiger partial charge is 0.0511 e. The predicted molar refractivity (Wildman–Crippen MR) is 49.2 cm³/mol. The van der Waals surface area contributed by atoms with Crippen molar-refractivity contribution in [3.05, 3.63) is 48.6 Å². The fourth-order valence-corrected chi connectivity index (χ4v) is 1.10. The van der Waals surface area contributed by atoms with Crippen molar-refractivity contribution in [2.75, 3.05) is 0 Å². The first-order valence-corrected chi connectivity index (χ1v) is 3.68. The summed E-state index contributed by atoms with van der Waals surface area (Å²) in [5.74, 6) is 0. The number of nitrogens with two attached hydrogens (primary N) is 1.